The second kappa shape index (κ2) is 31.1. The van der Waals surface area contributed by atoms with Crippen molar-refractivity contribution < 1.29 is 22.0 Å². The second-order valence-corrected chi connectivity index (χ2v) is 39.3. The van der Waals surface area contributed by atoms with Crippen LogP contribution in [0.1, 0.15) is 247 Å². The zero-order valence-corrected chi connectivity index (χ0v) is 72.6. The quantitative estimate of drug-likeness (QED) is 0.0369. The van der Waals surface area contributed by atoms with Crippen molar-refractivity contribution in [2.24, 2.45) is 5.41 Å². The number of benzene rings is 7. The highest BCUT2D eigenvalue weighted by Crippen LogP contribution is 2.58. The molecule has 8 nitrogen and oxygen atoms in total. The highest BCUT2D eigenvalue weighted by atomic mass is 19.2. The molecule has 0 atom stereocenters. The van der Waals surface area contributed by atoms with Gasteiger partial charge in [-0.2, -0.15) is 15.8 Å². The van der Waals surface area contributed by atoms with Gasteiger partial charge in [-0.05, 0) is 228 Å². The number of hydrogen-bond acceptors (Lipinski definition) is 6. The van der Waals surface area contributed by atoms with Gasteiger partial charge in [0.25, 0.3) is 0 Å². The van der Waals surface area contributed by atoms with Crippen molar-refractivity contribution >= 4 is 63.2 Å². The molecule has 3 aromatic heterocycles. The van der Waals surface area contributed by atoms with Crippen molar-refractivity contribution in [2.75, 3.05) is 19.0 Å². The third-order valence-electron chi connectivity index (χ3n) is 24.6. The topological polar surface area (TPSA) is 132 Å². The van der Waals surface area contributed by atoms with E-state index < -0.39 is 56.8 Å². The molecule has 2 N–H and O–H groups in total. The number of nitrogens with zero attached hydrogens (tertiary/aromatic N) is 6. The molecule has 3 fully saturated rings. The number of halogens is 5. The minimum Gasteiger partial charge on any atom is -0.378 e. The third-order valence-corrected chi connectivity index (χ3v) is 24.6. The SMILES string of the molecule is CN(C)c1ccc(C(=C(C#N)C#N)/C(C#CC23CCC(c4ccc(C#Cc5ccc(-c6c7nc(c(-c8cc(C(C)(C)C)cc(C(C)(C)C)c8)c8ccc([nH]8)c(-c8cc(C(C)(C)C)cc(C(C)(C)C)c8)c8nc(c(-c9cc(C(C)(C)C)cc(C(C)(C)C)c9)c9ccc6[nH]9)C=C8)C=C7)cc5)cc4)(CC2)CC3)=C(\C#N)c2c(F)c(F)c(F)c(F)c2F)cc1. The molecule has 0 saturated heterocycles. The number of anilines is 1. The van der Waals surface area contributed by atoms with Gasteiger partial charge in [-0.3, -0.25) is 0 Å². The van der Waals surface area contributed by atoms with Gasteiger partial charge in [0.1, 0.15) is 23.8 Å². The van der Waals surface area contributed by atoms with Gasteiger partial charge in [0.15, 0.2) is 23.3 Å². The van der Waals surface area contributed by atoms with Crippen LogP contribution in [0.5, 0.6) is 0 Å². The standard InChI is InChI=1S/C107H103F5N8/c1-100(2,3)72-51-67(52-73(57-72)101(4,5)6)91-83-37-35-81(116-83)90(82-36-38-84(117-82)92(68-53-74(102(7,8)9)58-75(54-68)103(10,11)12)86-40-42-88(119-86)93(87-41-39-85(91)118-87)69-55-76(104(13,14)15)59-77(56-69)105(16,17)18)66-27-23-63(24-28-66)21-22-64-25-31-71(32-26-64)107-48-45-106(46-49-107,47-50-107)44-43-79(80(62-115)94-95(108)97(110)99(112)98(111)96(94)109)89(70(60-113)61-114)65-29-33-78(34-30-65)120(19)20/h23-42,51-59,116,119H,45-50H2,1-20H3/b80-79+,90-81?,90-82?,91-83?,91-85?,92-84?,92-86?,93-87?,93-88?. The molecule has 0 spiro atoms. The second-order valence-electron chi connectivity index (χ2n) is 39.3. The van der Waals surface area contributed by atoms with E-state index in [0.29, 0.717) is 44.2 Å². The molecule has 3 saturated carbocycles. The number of rotatable bonds is 9. The van der Waals surface area contributed by atoms with Crippen molar-refractivity contribution in [3.63, 3.8) is 0 Å². The van der Waals surface area contributed by atoms with Crippen LogP contribution in [0.3, 0.4) is 0 Å². The fraction of sp³-hybridized carbons (Fsp3) is 0.318. The summed E-state index contributed by atoms with van der Waals surface area (Å²) in [5.41, 5.74) is 20.1. The van der Waals surface area contributed by atoms with Crippen molar-refractivity contribution in [1.82, 2.24) is 19.9 Å². The van der Waals surface area contributed by atoms with Crippen molar-refractivity contribution in [1.29, 1.82) is 15.8 Å². The Labute approximate surface area is 704 Å². The van der Waals surface area contributed by atoms with E-state index in [2.05, 4.69) is 298 Å². The number of allylic oxidation sites excluding steroid dienone is 4. The predicted octanol–water partition coefficient (Wildman–Crippen LogP) is 27.3. The Morgan fingerprint density at radius 3 is 1.02 bits per heavy atom. The summed E-state index contributed by atoms with van der Waals surface area (Å²) in [6.07, 6.45) is 12.6. The molecule has 0 amide bonds. The number of aromatic nitrogens is 4. The molecule has 0 radical (unpaired) electrons. The lowest BCUT2D eigenvalue weighted by atomic mass is 9.52. The fourth-order valence-corrected chi connectivity index (χ4v) is 16.9. The molecular weight excluding hydrogens is 1490 g/mol. The number of nitriles is 3. The highest BCUT2D eigenvalue weighted by molar-refractivity contribution is 6.03. The van der Waals surface area contributed by atoms with Gasteiger partial charge in [-0.25, -0.2) is 31.9 Å². The van der Waals surface area contributed by atoms with Gasteiger partial charge >= 0.3 is 0 Å². The Kier molecular flexibility index (Phi) is 21.8. The summed E-state index contributed by atoms with van der Waals surface area (Å²) in [5.74, 6) is 1.80. The molecule has 10 aromatic rings. The van der Waals surface area contributed by atoms with Crippen molar-refractivity contribution in [3.8, 4) is 86.4 Å². The number of hydrogen-bond donors (Lipinski definition) is 2. The van der Waals surface area contributed by atoms with E-state index in [0.717, 1.165) is 106 Å². The molecule has 2 aliphatic heterocycles. The van der Waals surface area contributed by atoms with Crippen LogP contribution in [0.15, 0.2) is 163 Å². The zero-order valence-electron chi connectivity index (χ0n) is 72.6. The summed E-state index contributed by atoms with van der Waals surface area (Å²) < 4.78 is 76.2. The van der Waals surface area contributed by atoms with Gasteiger partial charge in [-0.1, -0.05) is 239 Å². The highest BCUT2D eigenvalue weighted by Gasteiger charge is 2.49. The molecule has 120 heavy (non-hydrogen) atoms. The molecule has 13 heteroatoms. The van der Waals surface area contributed by atoms with Gasteiger partial charge in [-0.15, -0.1) is 0 Å². The van der Waals surface area contributed by atoms with Crippen LogP contribution >= 0.6 is 0 Å². The lowest BCUT2D eigenvalue weighted by Crippen LogP contribution is -2.43. The van der Waals surface area contributed by atoms with Crippen LogP contribution in [-0.2, 0) is 37.9 Å². The molecular formula is C107H103F5N8. The first-order valence-electron chi connectivity index (χ1n) is 41.3. The number of fused-ring (bicyclic) bond motifs is 11. The maximum atomic E-state index is 15.8. The normalized spacial score (nSPS) is 16.1. The first kappa shape index (κ1) is 84.1. The van der Waals surface area contributed by atoms with Crippen LogP contribution in [0.4, 0.5) is 27.6 Å². The Morgan fingerprint density at radius 2 is 0.708 bits per heavy atom. The zero-order chi connectivity index (χ0) is 86.5. The molecule has 5 aliphatic rings. The largest absolute Gasteiger partial charge is 0.378 e. The Hall–Kier alpha value is -12.3. The predicted molar refractivity (Wildman–Crippen MR) is 482 cm³/mol. The molecule has 7 aromatic carbocycles. The van der Waals surface area contributed by atoms with E-state index in [1.54, 1.807) is 37.2 Å². The van der Waals surface area contributed by atoms with Gasteiger partial charge < -0.3 is 14.9 Å². The average molecular weight is 1600 g/mol. The Bertz CT molecular complexity index is 6220. The summed E-state index contributed by atoms with van der Waals surface area (Å²) in [4.78, 5) is 21.6. The molecule has 3 aliphatic carbocycles. The summed E-state index contributed by atoms with van der Waals surface area (Å²) >= 11 is 0. The summed E-state index contributed by atoms with van der Waals surface area (Å²) in [7, 11) is 3.59. The molecule has 15 rings (SSSR count). The lowest BCUT2D eigenvalue weighted by molar-refractivity contribution is 0.0865. The third kappa shape index (κ3) is 16.4. The van der Waals surface area contributed by atoms with Crippen molar-refractivity contribution in [2.45, 2.75) is 201 Å². The van der Waals surface area contributed by atoms with Crippen LogP contribution in [0.25, 0.3) is 102 Å². The Balaban J connectivity index is 0.876. The van der Waals surface area contributed by atoms with Crippen LogP contribution < -0.4 is 4.90 Å². The summed E-state index contributed by atoms with van der Waals surface area (Å²) in [6.45, 7) is 41.1. The van der Waals surface area contributed by atoms with Crippen LogP contribution in [0.2, 0.25) is 0 Å². The van der Waals surface area contributed by atoms with Crippen LogP contribution in [0, 0.1) is 92.2 Å². The minimum atomic E-state index is -2.40. The van der Waals surface area contributed by atoms with E-state index in [1.165, 1.54) is 45.5 Å². The number of aromatic amines is 2. The Morgan fingerprint density at radius 1 is 0.383 bits per heavy atom. The first-order valence-corrected chi connectivity index (χ1v) is 41.3. The first-order chi connectivity index (χ1) is 56.4. The fourth-order valence-electron chi connectivity index (χ4n) is 16.9. The molecule has 10 bridgehead atoms. The van der Waals surface area contributed by atoms with E-state index >= 15 is 17.6 Å². The molecule has 5 heterocycles. The number of H-pyrrole nitrogens is 2. The van der Waals surface area contributed by atoms with Crippen molar-refractivity contribution in [3.05, 3.63) is 276 Å². The maximum Gasteiger partial charge on any atom is 0.200 e. The smallest absolute Gasteiger partial charge is 0.200 e. The monoisotopic (exact) mass is 1590 g/mol. The van der Waals surface area contributed by atoms with E-state index in [1.807, 2.05) is 24.3 Å². The minimum absolute atomic E-state index is 0.160. The van der Waals surface area contributed by atoms with Gasteiger partial charge in [0.2, 0.25) is 5.82 Å². The van der Waals surface area contributed by atoms with Gasteiger partial charge in [0, 0.05) is 86.2 Å². The summed E-state index contributed by atoms with van der Waals surface area (Å²) in [6, 6.07) is 58.6. The maximum absolute atomic E-state index is 15.8. The average Bonchev–Trinajstić information content (AvgIpc) is 1.31. The van der Waals surface area contributed by atoms with Gasteiger partial charge in [0.05, 0.1) is 39.5 Å². The summed E-state index contributed by atoms with van der Waals surface area (Å²) in [5, 5.41) is 31.5. The molecule has 0 unspecified atom stereocenters. The van der Waals surface area contributed by atoms with E-state index in [-0.39, 0.29) is 49.0 Å². The number of nitrogens with one attached hydrogen (secondary N) is 2. The van der Waals surface area contributed by atoms with E-state index in [4.69, 9.17) is 9.97 Å². The lowest BCUT2D eigenvalue weighted by Gasteiger charge is -2.51. The van der Waals surface area contributed by atoms with Crippen LogP contribution in [-0.4, -0.2) is 34.0 Å². The van der Waals surface area contributed by atoms with E-state index in [9.17, 15) is 20.2 Å². The molecule has 606 valence electrons.